The highest BCUT2D eigenvalue weighted by Gasteiger charge is 2.21. The van der Waals surface area contributed by atoms with Crippen molar-refractivity contribution in [3.8, 4) is 0 Å². The molecular weight excluding hydrogens is 348 g/mol. The Hall–Kier alpha value is -2.54. The molecule has 7 heteroatoms. The number of aryl methyl sites for hydroxylation is 1. The third kappa shape index (κ3) is 3.14. The van der Waals surface area contributed by atoms with Gasteiger partial charge < -0.3 is 4.57 Å². The molecular formula is C19H20N4O2S. The van der Waals surface area contributed by atoms with Crippen LogP contribution in [0.3, 0.4) is 0 Å². The van der Waals surface area contributed by atoms with Gasteiger partial charge in [0.05, 0.1) is 5.56 Å². The summed E-state index contributed by atoms with van der Waals surface area (Å²) < 4.78 is 1.44. The maximum absolute atomic E-state index is 12.8. The van der Waals surface area contributed by atoms with Crippen molar-refractivity contribution in [2.24, 2.45) is 7.05 Å². The Kier molecular flexibility index (Phi) is 4.55. The van der Waals surface area contributed by atoms with Crippen molar-refractivity contribution in [1.82, 2.24) is 14.8 Å². The average Bonchev–Trinajstić information content (AvgIpc) is 3.14. The molecule has 0 aliphatic heterocycles. The normalized spacial score (nSPS) is 15.3. The first-order chi connectivity index (χ1) is 12.6. The molecule has 0 atom stereocenters. The molecule has 1 aliphatic carbocycles. The van der Waals surface area contributed by atoms with Gasteiger partial charge in [0.25, 0.3) is 11.5 Å². The van der Waals surface area contributed by atoms with Gasteiger partial charge in [0.2, 0.25) is 5.13 Å². The first kappa shape index (κ1) is 16.9. The van der Waals surface area contributed by atoms with Crippen LogP contribution < -0.4 is 10.9 Å². The standard InChI is InChI=1S/C19H20N4O2S/c1-23-11-15(13-9-5-6-10-14(13)18(23)25)16(24)20-19-22-21-17(26-19)12-7-3-2-4-8-12/h5-6,9-12H,2-4,7-8H2,1H3,(H,20,22,24). The molecule has 3 aromatic rings. The number of hydrogen-bond acceptors (Lipinski definition) is 5. The molecule has 1 fully saturated rings. The Balaban J connectivity index is 1.61. The second-order valence-corrected chi connectivity index (χ2v) is 7.75. The van der Waals surface area contributed by atoms with Gasteiger partial charge in [0.1, 0.15) is 5.01 Å². The molecule has 4 rings (SSSR count). The van der Waals surface area contributed by atoms with E-state index < -0.39 is 0 Å². The van der Waals surface area contributed by atoms with E-state index >= 15 is 0 Å². The smallest absolute Gasteiger partial charge is 0.259 e. The summed E-state index contributed by atoms with van der Waals surface area (Å²) in [6.07, 6.45) is 7.62. The lowest BCUT2D eigenvalue weighted by Gasteiger charge is -2.18. The number of carbonyl (C=O) groups excluding carboxylic acids is 1. The van der Waals surface area contributed by atoms with E-state index in [1.54, 1.807) is 31.4 Å². The number of nitrogens with zero attached hydrogens (tertiary/aromatic N) is 3. The Labute approximate surface area is 154 Å². The molecule has 2 heterocycles. The van der Waals surface area contributed by atoms with E-state index in [2.05, 4.69) is 15.5 Å². The summed E-state index contributed by atoms with van der Waals surface area (Å²) in [5.74, 6) is 0.188. The molecule has 0 unspecified atom stereocenters. The minimum absolute atomic E-state index is 0.118. The minimum Gasteiger partial charge on any atom is -0.317 e. The lowest BCUT2D eigenvalue weighted by atomic mass is 9.90. The van der Waals surface area contributed by atoms with Crippen LogP contribution in [0, 0.1) is 0 Å². The highest BCUT2D eigenvalue weighted by Crippen LogP contribution is 2.35. The fraction of sp³-hybridized carbons (Fsp3) is 0.368. The summed E-state index contributed by atoms with van der Waals surface area (Å²) in [5.41, 5.74) is 0.338. The molecule has 1 aliphatic rings. The first-order valence-corrected chi connectivity index (χ1v) is 9.68. The Morgan fingerprint density at radius 1 is 1.15 bits per heavy atom. The number of rotatable bonds is 3. The van der Waals surface area contributed by atoms with Crippen molar-refractivity contribution in [3.63, 3.8) is 0 Å². The Morgan fingerprint density at radius 2 is 1.88 bits per heavy atom. The highest BCUT2D eigenvalue weighted by molar-refractivity contribution is 7.15. The number of fused-ring (bicyclic) bond motifs is 1. The zero-order valence-electron chi connectivity index (χ0n) is 14.6. The van der Waals surface area contributed by atoms with Crippen LogP contribution in [-0.2, 0) is 7.05 Å². The quantitative estimate of drug-likeness (QED) is 0.765. The summed E-state index contributed by atoms with van der Waals surface area (Å²) >= 11 is 1.45. The number of aromatic nitrogens is 3. The van der Waals surface area contributed by atoms with E-state index in [-0.39, 0.29) is 11.5 Å². The van der Waals surface area contributed by atoms with Gasteiger partial charge in [-0.2, -0.15) is 0 Å². The monoisotopic (exact) mass is 368 g/mol. The van der Waals surface area contributed by atoms with E-state index in [0.717, 1.165) is 17.8 Å². The molecule has 26 heavy (non-hydrogen) atoms. The fourth-order valence-electron chi connectivity index (χ4n) is 3.56. The summed E-state index contributed by atoms with van der Waals surface area (Å²) in [7, 11) is 1.65. The molecule has 0 spiro atoms. The fourth-order valence-corrected chi connectivity index (χ4v) is 4.47. The van der Waals surface area contributed by atoms with Crippen LogP contribution in [0.2, 0.25) is 0 Å². The molecule has 2 aromatic heterocycles. The van der Waals surface area contributed by atoms with E-state index in [1.165, 1.54) is 35.2 Å². The zero-order valence-corrected chi connectivity index (χ0v) is 15.4. The summed E-state index contributed by atoms with van der Waals surface area (Å²) in [6, 6.07) is 7.15. The molecule has 0 saturated heterocycles. The van der Waals surface area contributed by atoms with Crippen LogP contribution in [0.5, 0.6) is 0 Å². The molecule has 1 aromatic carbocycles. The van der Waals surface area contributed by atoms with Crippen LogP contribution in [-0.4, -0.2) is 20.7 Å². The number of pyridine rings is 1. The summed E-state index contributed by atoms with van der Waals surface area (Å²) in [4.78, 5) is 25.0. The summed E-state index contributed by atoms with van der Waals surface area (Å²) in [6.45, 7) is 0. The average molecular weight is 368 g/mol. The van der Waals surface area contributed by atoms with Crippen molar-refractivity contribution >= 4 is 33.1 Å². The predicted octanol–water partition coefficient (Wildman–Crippen LogP) is 3.69. The number of benzene rings is 1. The maximum atomic E-state index is 12.8. The van der Waals surface area contributed by atoms with Gasteiger partial charge in [-0.3, -0.25) is 14.9 Å². The molecule has 1 amide bonds. The third-order valence-electron chi connectivity index (χ3n) is 4.95. The minimum atomic E-state index is -0.275. The summed E-state index contributed by atoms with van der Waals surface area (Å²) in [5, 5.41) is 14.0. The number of anilines is 1. The van der Waals surface area contributed by atoms with Crippen molar-refractivity contribution in [2.45, 2.75) is 38.0 Å². The zero-order chi connectivity index (χ0) is 18.1. The van der Waals surface area contributed by atoms with Crippen LogP contribution in [0.4, 0.5) is 5.13 Å². The number of amides is 1. The van der Waals surface area contributed by atoms with Gasteiger partial charge in [-0.05, 0) is 18.9 Å². The number of hydrogen-bond donors (Lipinski definition) is 1. The first-order valence-electron chi connectivity index (χ1n) is 8.86. The number of nitrogens with one attached hydrogen (secondary N) is 1. The van der Waals surface area contributed by atoms with Gasteiger partial charge in [-0.25, -0.2) is 0 Å². The van der Waals surface area contributed by atoms with Crippen molar-refractivity contribution in [2.75, 3.05) is 5.32 Å². The van der Waals surface area contributed by atoms with Crippen LogP contribution in [0.15, 0.2) is 35.3 Å². The van der Waals surface area contributed by atoms with Gasteiger partial charge in [0, 0.05) is 29.9 Å². The SMILES string of the molecule is Cn1cc(C(=O)Nc2nnc(C3CCCCC3)s2)c2ccccc2c1=O. The molecule has 1 saturated carbocycles. The second-order valence-electron chi connectivity index (χ2n) is 6.74. The van der Waals surface area contributed by atoms with Gasteiger partial charge >= 0.3 is 0 Å². The third-order valence-corrected chi connectivity index (χ3v) is 5.95. The highest BCUT2D eigenvalue weighted by atomic mass is 32.1. The van der Waals surface area contributed by atoms with Gasteiger partial charge in [0.15, 0.2) is 0 Å². The van der Waals surface area contributed by atoms with Crippen molar-refractivity contribution in [1.29, 1.82) is 0 Å². The largest absolute Gasteiger partial charge is 0.317 e. The van der Waals surface area contributed by atoms with Crippen LogP contribution in [0.1, 0.15) is 53.4 Å². The molecule has 1 N–H and O–H groups in total. The van der Waals surface area contributed by atoms with Gasteiger partial charge in [-0.15, -0.1) is 10.2 Å². The topological polar surface area (TPSA) is 76.9 Å². The Morgan fingerprint density at radius 3 is 2.65 bits per heavy atom. The lowest BCUT2D eigenvalue weighted by Crippen LogP contribution is -2.21. The molecule has 0 radical (unpaired) electrons. The molecule has 0 bridgehead atoms. The van der Waals surface area contributed by atoms with Crippen molar-refractivity contribution < 1.29 is 4.79 Å². The van der Waals surface area contributed by atoms with Crippen LogP contribution in [0.25, 0.3) is 10.8 Å². The molecule has 6 nitrogen and oxygen atoms in total. The predicted molar refractivity (Wildman–Crippen MR) is 103 cm³/mol. The second kappa shape index (κ2) is 6.99. The van der Waals surface area contributed by atoms with E-state index in [1.807, 2.05) is 6.07 Å². The number of carbonyl (C=O) groups is 1. The van der Waals surface area contributed by atoms with E-state index in [4.69, 9.17) is 0 Å². The Bertz CT molecular complexity index is 1020. The molecule has 134 valence electrons. The maximum Gasteiger partial charge on any atom is 0.259 e. The lowest BCUT2D eigenvalue weighted by molar-refractivity contribution is 0.102. The van der Waals surface area contributed by atoms with Crippen molar-refractivity contribution in [3.05, 3.63) is 51.4 Å². The van der Waals surface area contributed by atoms with E-state index in [0.29, 0.717) is 27.4 Å². The van der Waals surface area contributed by atoms with Gasteiger partial charge in [-0.1, -0.05) is 48.8 Å². The van der Waals surface area contributed by atoms with E-state index in [9.17, 15) is 9.59 Å². The van der Waals surface area contributed by atoms with Crippen LogP contribution >= 0.6 is 11.3 Å².